The van der Waals surface area contributed by atoms with Gasteiger partial charge in [0.2, 0.25) is 0 Å². The van der Waals surface area contributed by atoms with Gasteiger partial charge in [0.15, 0.2) is 6.10 Å². The predicted molar refractivity (Wildman–Crippen MR) is 90.4 cm³/mol. The zero-order chi connectivity index (χ0) is 18.2. The standard InChI is InChI=1S/C18H32O6/c1-2-3-4-5-6-7-8-9-10-11-12-13-16(20)24-17(21)14-15(19)18(22)23/h15,19H,2-14H2,1H3,(H,22,23). The minimum Gasteiger partial charge on any atom is -0.479 e. The number of aliphatic hydroxyl groups is 1. The Morgan fingerprint density at radius 3 is 1.71 bits per heavy atom. The van der Waals surface area contributed by atoms with Crippen LogP contribution in [0, 0.1) is 0 Å². The van der Waals surface area contributed by atoms with Crippen molar-refractivity contribution in [2.75, 3.05) is 0 Å². The average Bonchev–Trinajstić information content (AvgIpc) is 2.52. The Morgan fingerprint density at radius 1 is 0.792 bits per heavy atom. The summed E-state index contributed by atoms with van der Waals surface area (Å²) in [5, 5.41) is 17.4. The van der Waals surface area contributed by atoms with E-state index in [1.165, 1.54) is 44.9 Å². The number of esters is 2. The Balaban J connectivity index is 3.43. The Morgan fingerprint density at radius 2 is 1.25 bits per heavy atom. The molecule has 0 saturated heterocycles. The van der Waals surface area contributed by atoms with E-state index in [0.717, 1.165) is 19.3 Å². The van der Waals surface area contributed by atoms with Crippen molar-refractivity contribution >= 4 is 17.9 Å². The molecule has 1 unspecified atom stereocenters. The number of ether oxygens (including phenoxy) is 1. The summed E-state index contributed by atoms with van der Waals surface area (Å²) in [6, 6.07) is 0. The highest BCUT2D eigenvalue weighted by molar-refractivity contribution is 5.88. The van der Waals surface area contributed by atoms with E-state index >= 15 is 0 Å². The maximum Gasteiger partial charge on any atom is 0.333 e. The third kappa shape index (κ3) is 14.2. The Hall–Kier alpha value is -1.43. The lowest BCUT2D eigenvalue weighted by molar-refractivity contribution is -0.164. The van der Waals surface area contributed by atoms with Gasteiger partial charge in [0.1, 0.15) is 0 Å². The van der Waals surface area contributed by atoms with Gasteiger partial charge in [-0.15, -0.1) is 0 Å². The molecule has 6 nitrogen and oxygen atoms in total. The molecule has 0 saturated carbocycles. The number of aliphatic hydroxyl groups excluding tert-OH is 1. The smallest absolute Gasteiger partial charge is 0.333 e. The van der Waals surface area contributed by atoms with Crippen LogP contribution >= 0.6 is 0 Å². The molecule has 140 valence electrons. The van der Waals surface area contributed by atoms with Crippen molar-refractivity contribution in [3.05, 3.63) is 0 Å². The van der Waals surface area contributed by atoms with E-state index in [1.807, 2.05) is 0 Å². The molecule has 0 aromatic rings. The van der Waals surface area contributed by atoms with Crippen molar-refractivity contribution in [2.24, 2.45) is 0 Å². The Kier molecular flexibility index (Phi) is 14.2. The first-order chi connectivity index (χ1) is 11.5. The molecular formula is C18H32O6. The molecule has 0 aliphatic heterocycles. The average molecular weight is 344 g/mol. The van der Waals surface area contributed by atoms with Crippen molar-refractivity contribution in [1.82, 2.24) is 0 Å². The van der Waals surface area contributed by atoms with E-state index in [1.54, 1.807) is 0 Å². The van der Waals surface area contributed by atoms with Crippen molar-refractivity contribution in [3.63, 3.8) is 0 Å². The molecule has 0 spiro atoms. The number of carbonyl (C=O) groups excluding carboxylic acids is 2. The van der Waals surface area contributed by atoms with E-state index in [-0.39, 0.29) is 6.42 Å². The maximum absolute atomic E-state index is 11.4. The summed E-state index contributed by atoms with van der Waals surface area (Å²) in [4.78, 5) is 33.0. The van der Waals surface area contributed by atoms with Crippen LogP contribution in [0.25, 0.3) is 0 Å². The number of aliphatic carboxylic acids is 1. The molecule has 0 rings (SSSR count). The maximum atomic E-state index is 11.4. The number of unbranched alkanes of at least 4 members (excludes halogenated alkanes) is 10. The second-order valence-electron chi connectivity index (χ2n) is 6.19. The summed E-state index contributed by atoms with van der Waals surface area (Å²) in [6.07, 6.45) is 10.5. The lowest BCUT2D eigenvalue weighted by Crippen LogP contribution is -2.25. The third-order valence-electron chi connectivity index (χ3n) is 3.86. The molecule has 24 heavy (non-hydrogen) atoms. The van der Waals surface area contributed by atoms with Crippen LogP contribution in [0.1, 0.15) is 90.4 Å². The Labute approximate surface area is 144 Å². The van der Waals surface area contributed by atoms with Gasteiger partial charge in [0.05, 0.1) is 6.42 Å². The molecule has 6 heteroatoms. The molecule has 0 aromatic heterocycles. The second-order valence-corrected chi connectivity index (χ2v) is 6.19. The van der Waals surface area contributed by atoms with Crippen molar-refractivity contribution < 1.29 is 29.3 Å². The number of hydrogen-bond acceptors (Lipinski definition) is 5. The number of carbonyl (C=O) groups is 3. The second kappa shape index (κ2) is 15.1. The molecule has 2 N–H and O–H groups in total. The number of carboxylic acid groups (broad SMARTS) is 1. The number of carboxylic acids is 1. The highest BCUT2D eigenvalue weighted by Crippen LogP contribution is 2.12. The van der Waals surface area contributed by atoms with Crippen LogP contribution in [0.3, 0.4) is 0 Å². The van der Waals surface area contributed by atoms with Crippen LogP contribution in [-0.2, 0) is 19.1 Å². The first-order valence-electron chi connectivity index (χ1n) is 9.11. The van der Waals surface area contributed by atoms with Crippen LogP contribution in [0.15, 0.2) is 0 Å². The fourth-order valence-electron chi connectivity index (χ4n) is 2.40. The minimum atomic E-state index is -1.83. The van der Waals surface area contributed by atoms with Crippen LogP contribution in [0.2, 0.25) is 0 Å². The van der Waals surface area contributed by atoms with E-state index in [2.05, 4.69) is 11.7 Å². The number of rotatable bonds is 15. The van der Waals surface area contributed by atoms with Gasteiger partial charge < -0.3 is 14.9 Å². The zero-order valence-corrected chi connectivity index (χ0v) is 14.8. The van der Waals surface area contributed by atoms with E-state index in [4.69, 9.17) is 10.2 Å². The van der Waals surface area contributed by atoms with Crippen molar-refractivity contribution in [2.45, 2.75) is 96.5 Å². The molecule has 1 atom stereocenters. The fraction of sp³-hybridized carbons (Fsp3) is 0.833. The quantitative estimate of drug-likeness (QED) is 0.267. The SMILES string of the molecule is CCCCCCCCCCCCCC(=O)OC(=O)CC(O)C(=O)O. The van der Waals surface area contributed by atoms with Gasteiger partial charge in [0.25, 0.3) is 0 Å². The molecule has 0 heterocycles. The summed E-state index contributed by atoms with van der Waals surface area (Å²) in [5.74, 6) is -3.17. The Bertz CT molecular complexity index is 367. The lowest BCUT2D eigenvalue weighted by Gasteiger charge is -2.05. The van der Waals surface area contributed by atoms with Gasteiger partial charge in [-0.3, -0.25) is 9.59 Å². The minimum absolute atomic E-state index is 0.145. The van der Waals surface area contributed by atoms with Crippen LogP contribution < -0.4 is 0 Å². The van der Waals surface area contributed by atoms with Crippen LogP contribution in [0.4, 0.5) is 0 Å². The molecule has 0 bridgehead atoms. The van der Waals surface area contributed by atoms with Gasteiger partial charge in [0, 0.05) is 6.42 Å². The topological polar surface area (TPSA) is 101 Å². The highest BCUT2D eigenvalue weighted by atomic mass is 16.6. The molecule has 0 radical (unpaired) electrons. The first-order valence-corrected chi connectivity index (χ1v) is 9.11. The molecule has 0 aliphatic rings. The molecule has 0 aliphatic carbocycles. The van der Waals surface area contributed by atoms with Crippen LogP contribution in [0.5, 0.6) is 0 Å². The lowest BCUT2D eigenvalue weighted by atomic mass is 10.1. The van der Waals surface area contributed by atoms with E-state index < -0.39 is 30.4 Å². The third-order valence-corrected chi connectivity index (χ3v) is 3.86. The summed E-state index contributed by atoms with van der Waals surface area (Å²) in [5.41, 5.74) is 0. The summed E-state index contributed by atoms with van der Waals surface area (Å²) in [6.45, 7) is 2.21. The van der Waals surface area contributed by atoms with Gasteiger partial charge in [-0.05, 0) is 6.42 Å². The monoisotopic (exact) mass is 344 g/mol. The summed E-state index contributed by atoms with van der Waals surface area (Å²) >= 11 is 0. The van der Waals surface area contributed by atoms with Gasteiger partial charge in [-0.2, -0.15) is 0 Å². The van der Waals surface area contributed by atoms with Crippen LogP contribution in [-0.4, -0.2) is 34.2 Å². The fourth-order valence-corrected chi connectivity index (χ4v) is 2.40. The van der Waals surface area contributed by atoms with Gasteiger partial charge in [-0.1, -0.05) is 71.1 Å². The van der Waals surface area contributed by atoms with Gasteiger partial charge >= 0.3 is 17.9 Å². The van der Waals surface area contributed by atoms with E-state index in [0.29, 0.717) is 6.42 Å². The number of hydrogen-bond donors (Lipinski definition) is 2. The molecule has 0 fully saturated rings. The van der Waals surface area contributed by atoms with Gasteiger partial charge in [-0.25, -0.2) is 4.79 Å². The highest BCUT2D eigenvalue weighted by Gasteiger charge is 2.20. The van der Waals surface area contributed by atoms with E-state index in [9.17, 15) is 14.4 Å². The predicted octanol–water partition coefficient (Wildman–Crippen LogP) is 3.59. The summed E-state index contributed by atoms with van der Waals surface area (Å²) < 4.78 is 4.46. The zero-order valence-electron chi connectivity index (χ0n) is 14.8. The van der Waals surface area contributed by atoms with Crippen molar-refractivity contribution in [3.8, 4) is 0 Å². The molecule has 0 aromatic carbocycles. The first kappa shape index (κ1) is 22.6. The summed E-state index contributed by atoms with van der Waals surface area (Å²) in [7, 11) is 0. The molecule has 0 amide bonds. The molecular weight excluding hydrogens is 312 g/mol. The normalized spacial score (nSPS) is 11.9. The van der Waals surface area contributed by atoms with Crippen molar-refractivity contribution in [1.29, 1.82) is 0 Å². The largest absolute Gasteiger partial charge is 0.479 e.